The van der Waals surface area contributed by atoms with Gasteiger partial charge in [0.25, 0.3) is 0 Å². The first-order valence-corrected chi connectivity index (χ1v) is 6.17. The Labute approximate surface area is 102 Å². The van der Waals surface area contributed by atoms with Gasteiger partial charge in [-0.3, -0.25) is 0 Å². The van der Waals surface area contributed by atoms with Gasteiger partial charge in [0.05, 0.1) is 12.1 Å². The maximum Gasteiger partial charge on any atom is 0.137 e. The SMILES string of the molecule is COc1ccc(NC(C)CC2CC2)cc1Cl. The number of halogens is 1. The molecule has 0 saturated heterocycles. The van der Waals surface area contributed by atoms with Gasteiger partial charge in [0, 0.05) is 11.7 Å². The van der Waals surface area contributed by atoms with E-state index < -0.39 is 0 Å². The van der Waals surface area contributed by atoms with E-state index in [4.69, 9.17) is 16.3 Å². The Balaban J connectivity index is 1.95. The maximum absolute atomic E-state index is 6.07. The summed E-state index contributed by atoms with van der Waals surface area (Å²) in [5.41, 5.74) is 1.07. The molecule has 16 heavy (non-hydrogen) atoms. The van der Waals surface area contributed by atoms with Gasteiger partial charge in [0.15, 0.2) is 0 Å². The predicted octanol–water partition coefficient (Wildman–Crippen LogP) is 3.95. The van der Waals surface area contributed by atoms with Crippen LogP contribution in [0.2, 0.25) is 5.02 Å². The first kappa shape index (κ1) is 11.6. The molecule has 1 aromatic rings. The van der Waals surface area contributed by atoms with E-state index in [-0.39, 0.29) is 0 Å². The Morgan fingerprint density at radius 1 is 1.50 bits per heavy atom. The Hall–Kier alpha value is -0.890. The number of methoxy groups -OCH3 is 1. The molecule has 1 fully saturated rings. The summed E-state index contributed by atoms with van der Waals surface area (Å²) in [6, 6.07) is 6.34. The van der Waals surface area contributed by atoms with Crippen molar-refractivity contribution in [3.63, 3.8) is 0 Å². The van der Waals surface area contributed by atoms with E-state index in [2.05, 4.69) is 12.2 Å². The quantitative estimate of drug-likeness (QED) is 0.840. The summed E-state index contributed by atoms with van der Waals surface area (Å²) >= 11 is 6.07. The Morgan fingerprint density at radius 2 is 2.25 bits per heavy atom. The minimum atomic E-state index is 0.511. The number of nitrogens with one attached hydrogen (secondary N) is 1. The number of ether oxygens (including phenoxy) is 1. The van der Waals surface area contributed by atoms with E-state index in [1.165, 1.54) is 19.3 Å². The predicted molar refractivity (Wildman–Crippen MR) is 68.4 cm³/mol. The van der Waals surface area contributed by atoms with Crippen molar-refractivity contribution >= 4 is 17.3 Å². The van der Waals surface area contributed by atoms with E-state index in [1.807, 2.05) is 18.2 Å². The van der Waals surface area contributed by atoms with Crippen LogP contribution in [0, 0.1) is 5.92 Å². The van der Waals surface area contributed by atoms with Crippen molar-refractivity contribution in [3.05, 3.63) is 23.2 Å². The zero-order valence-electron chi connectivity index (χ0n) is 9.79. The van der Waals surface area contributed by atoms with E-state index in [9.17, 15) is 0 Å². The fourth-order valence-electron chi connectivity index (χ4n) is 1.95. The maximum atomic E-state index is 6.07. The molecule has 1 atom stereocenters. The van der Waals surface area contributed by atoms with Gasteiger partial charge in [0.2, 0.25) is 0 Å². The van der Waals surface area contributed by atoms with Crippen molar-refractivity contribution in [2.24, 2.45) is 5.92 Å². The van der Waals surface area contributed by atoms with E-state index in [1.54, 1.807) is 7.11 Å². The second-order valence-corrected chi connectivity index (χ2v) is 4.98. The van der Waals surface area contributed by atoms with Gasteiger partial charge in [-0.05, 0) is 37.5 Å². The van der Waals surface area contributed by atoms with E-state index in [0.29, 0.717) is 11.1 Å². The lowest BCUT2D eigenvalue weighted by molar-refractivity contribution is 0.415. The highest BCUT2D eigenvalue weighted by molar-refractivity contribution is 6.32. The van der Waals surface area contributed by atoms with Crippen LogP contribution in [0.3, 0.4) is 0 Å². The van der Waals surface area contributed by atoms with Gasteiger partial charge in [-0.2, -0.15) is 0 Å². The van der Waals surface area contributed by atoms with Gasteiger partial charge in [0.1, 0.15) is 5.75 Å². The van der Waals surface area contributed by atoms with Crippen molar-refractivity contribution in [1.29, 1.82) is 0 Å². The third kappa shape index (κ3) is 3.05. The van der Waals surface area contributed by atoms with Crippen LogP contribution in [-0.2, 0) is 0 Å². The summed E-state index contributed by atoms with van der Waals surface area (Å²) in [5.74, 6) is 1.67. The summed E-state index contributed by atoms with van der Waals surface area (Å²) in [6.45, 7) is 2.22. The third-order valence-electron chi connectivity index (χ3n) is 2.95. The first-order chi connectivity index (χ1) is 7.69. The minimum absolute atomic E-state index is 0.511. The van der Waals surface area contributed by atoms with Crippen LogP contribution in [-0.4, -0.2) is 13.2 Å². The van der Waals surface area contributed by atoms with Gasteiger partial charge < -0.3 is 10.1 Å². The van der Waals surface area contributed by atoms with Crippen molar-refractivity contribution in [2.75, 3.05) is 12.4 Å². The molecule has 1 unspecified atom stereocenters. The third-order valence-corrected chi connectivity index (χ3v) is 3.24. The van der Waals surface area contributed by atoms with Gasteiger partial charge >= 0.3 is 0 Å². The lowest BCUT2D eigenvalue weighted by atomic mass is 10.1. The Kier molecular flexibility index (Phi) is 3.59. The van der Waals surface area contributed by atoms with E-state index in [0.717, 1.165) is 17.4 Å². The summed E-state index contributed by atoms with van der Waals surface area (Å²) < 4.78 is 5.12. The molecule has 2 rings (SSSR count). The molecule has 0 bridgehead atoms. The molecule has 0 aliphatic heterocycles. The molecular formula is C13H18ClNO. The number of benzene rings is 1. The molecule has 3 heteroatoms. The van der Waals surface area contributed by atoms with Crippen molar-refractivity contribution in [2.45, 2.75) is 32.2 Å². The number of hydrogen-bond acceptors (Lipinski definition) is 2. The molecule has 2 nitrogen and oxygen atoms in total. The molecule has 88 valence electrons. The molecule has 1 aliphatic carbocycles. The van der Waals surface area contributed by atoms with Gasteiger partial charge in [-0.15, -0.1) is 0 Å². The van der Waals surface area contributed by atoms with Crippen LogP contribution in [0.4, 0.5) is 5.69 Å². The second-order valence-electron chi connectivity index (χ2n) is 4.57. The average molecular weight is 240 g/mol. The van der Waals surface area contributed by atoms with Crippen LogP contribution in [0.1, 0.15) is 26.2 Å². The largest absolute Gasteiger partial charge is 0.495 e. The van der Waals surface area contributed by atoms with E-state index >= 15 is 0 Å². The minimum Gasteiger partial charge on any atom is -0.495 e. The normalized spacial score (nSPS) is 16.9. The second kappa shape index (κ2) is 4.96. The average Bonchev–Trinajstić information content (AvgIpc) is 3.01. The zero-order valence-corrected chi connectivity index (χ0v) is 10.6. The standard InChI is InChI=1S/C13H18ClNO/c1-9(7-10-3-4-10)15-11-5-6-13(16-2)12(14)8-11/h5-6,8-10,15H,3-4,7H2,1-2H3. The smallest absolute Gasteiger partial charge is 0.137 e. The molecular weight excluding hydrogens is 222 g/mol. The molecule has 0 aromatic heterocycles. The van der Waals surface area contributed by atoms with Gasteiger partial charge in [-0.1, -0.05) is 24.4 Å². The lowest BCUT2D eigenvalue weighted by Gasteiger charge is -2.15. The Bertz CT molecular complexity index is 363. The first-order valence-electron chi connectivity index (χ1n) is 5.79. The molecule has 1 saturated carbocycles. The molecule has 1 aliphatic rings. The topological polar surface area (TPSA) is 21.3 Å². The molecule has 0 heterocycles. The fraction of sp³-hybridized carbons (Fsp3) is 0.538. The molecule has 1 aromatic carbocycles. The highest BCUT2D eigenvalue weighted by Crippen LogP contribution is 2.34. The van der Waals surface area contributed by atoms with Gasteiger partial charge in [-0.25, -0.2) is 0 Å². The van der Waals surface area contributed by atoms with Crippen molar-refractivity contribution in [1.82, 2.24) is 0 Å². The van der Waals surface area contributed by atoms with Crippen LogP contribution >= 0.6 is 11.6 Å². The summed E-state index contributed by atoms with van der Waals surface area (Å²) in [7, 11) is 1.63. The van der Waals surface area contributed by atoms with Crippen molar-refractivity contribution in [3.8, 4) is 5.75 Å². The Morgan fingerprint density at radius 3 is 2.81 bits per heavy atom. The lowest BCUT2D eigenvalue weighted by Crippen LogP contribution is -2.15. The monoisotopic (exact) mass is 239 g/mol. The molecule has 0 spiro atoms. The summed E-state index contributed by atoms with van der Waals surface area (Å²) in [6.07, 6.45) is 4.05. The molecule has 0 amide bonds. The van der Waals surface area contributed by atoms with Crippen LogP contribution in [0.5, 0.6) is 5.75 Å². The summed E-state index contributed by atoms with van der Waals surface area (Å²) in [4.78, 5) is 0. The zero-order chi connectivity index (χ0) is 11.5. The van der Waals surface area contributed by atoms with Crippen LogP contribution in [0.15, 0.2) is 18.2 Å². The van der Waals surface area contributed by atoms with Crippen LogP contribution in [0.25, 0.3) is 0 Å². The highest BCUT2D eigenvalue weighted by Gasteiger charge is 2.23. The number of anilines is 1. The fourth-order valence-corrected chi connectivity index (χ4v) is 2.21. The van der Waals surface area contributed by atoms with Crippen LogP contribution < -0.4 is 10.1 Å². The summed E-state index contributed by atoms with van der Waals surface area (Å²) in [5, 5.41) is 4.12. The van der Waals surface area contributed by atoms with Crippen molar-refractivity contribution < 1.29 is 4.74 Å². The number of hydrogen-bond donors (Lipinski definition) is 1. The highest BCUT2D eigenvalue weighted by atomic mass is 35.5. The molecule has 1 N–H and O–H groups in total. The number of rotatable bonds is 5. The molecule has 0 radical (unpaired) electrons.